The average Bonchev–Trinajstić information content (AvgIpc) is 3.09. The van der Waals surface area contributed by atoms with Gasteiger partial charge >= 0.3 is 0 Å². The molecule has 0 aliphatic carbocycles. The van der Waals surface area contributed by atoms with Crippen LogP contribution in [0.5, 0.6) is 0 Å². The average molecular weight is 342 g/mol. The molecule has 0 bridgehead atoms. The van der Waals surface area contributed by atoms with Crippen LogP contribution in [-0.4, -0.2) is 59.0 Å². The molecule has 6 nitrogen and oxygen atoms in total. The number of carbonyl (C=O) groups is 1. The largest absolute Gasteiger partial charge is 0.373 e. The molecule has 6 heteroatoms. The minimum atomic E-state index is -0.446. The van der Waals surface area contributed by atoms with Crippen molar-refractivity contribution < 1.29 is 9.53 Å². The Hall–Kier alpha value is -2.18. The molecule has 1 N–H and O–H groups in total. The Balaban J connectivity index is 1.60. The highest BCUT2D eigenvalue weighted by Crippen LogP contribution is 2.17. The van der Waals surface area contributed by atoms with Gasteiger partial charge in [-0.1, -0.05) is 30.3 Å². The molecule has 134 valence electrons. The van der Waals surface area contributed by atoms with E-state index in [0.29, 0.717) is 6.54 Å². The van der Waals surface area contributed by atoms with Crippen molar-refractivity contribution in [2.75, 3.05) is 26.2 Å². The third kappa shape index (κ3) is 4.67. The van der Waals surface area contributed by atoms with Gasteiger partial charge in [-0.15, -0.1) is 0 Å². The number of rotatable bonds is 6. The summed E-state index contributed by atoms with van der Waals surface area (Å²) in [6, 6.07) is 11.1. The van der Waals surface area contributed by atoms with Crippen LogP contribution in [0.2, 0.25) is 0 Å². The quantitative estimate of drug-likeness (QED) is 0.868. The molecule has 0 saturated carbocycles. The highest BCUT2D eigenvalue weighted by molar-refractivity contribution is 5.83. The Kier molecular flexibility index (Phi) is 5.83. The number of hydrogen-bond acceptors (Lipinski definition) is 4. The summed E-state index contributed by atoms with van der Waals surface area (Å²) in [7, 11) is 0. The molecular formula is C19H26N4O2. The molecule has 1 amide bonds. The molecule has 1 aliphatic heterocycles. The number of benzene rings is 1. The van der Waals surface area contributed by atoms with Gasteiger partial charge in [0.1, 0.15) is 0 Å². The lowest BCUT2D eigenvalue weighted by Crippen LogP contribution is -2.48. The molecule has 0 radical (unpaired) electrons. The molecule has 1 aromatic heterocycles. The topological polar surface area (TPSA) is 59.4 Å². The van der Waals surface area contributed by atoms with Crippen molar-refractivity contribution in [2.24, 2.45) is 0 Å². The normalized spacial score (nSPS) is 22.5. The number of nitrogens with zero attached hydrogens (tertiary/aromatic N) is 3. The smallest absolute Gasteiger partial charge is 0.249 e. The summed E-state index contributed by atoms with van der Waals surface area (Å²) >= 11 is 0. The van der Waals surface area contributed by atoms with E-state index in [1.54, 1.807) is 10.9 Å². The van der Waals surface area contributed by atoms with Crippen LogP contribution in [0.3, 0.4) is 0 Å². The highest BCUT2D eigenvalue weighted by Gasteiger charge is 2.24. The fraction of sp³-hybridized carbons (Fsp3) is 0.474. The molecule has 1 fully saturated rings. The van der Waals surface area contributed by atoms with Crippen molar-refractivity contribution in [1.82, 2.24) is 20.0 Å². The lowest BCUT2D eigenvalue weighted by molar-refractivity contribution is -0.123. The van der Waals surface area contributed by atoms with E-state index < -0.39 is 6.04 Å². The first-order chi connectivity index (χ1) is 12.1. The van der Waals surface area contributed by atoms with Crippen LogP contribution in [0.25, 0.3) is 0 Å². The second-order valence-electron chi connectivity index (χ2n) is 6.61. The van der Waals surface area contributed by atoms with E-state index in [-0.39, 0.29) is 18.1 Å². The Bertz CT molecular complexity index is 649. The molecule has 2 heterocycles. The zero-order valence-electron chi connectivity index (χ0n) is 14.8. The van der Waals surface area contributed by atoms with Crippen molar-refractivity contribution in [3.05, 3.63) is 54.4 Å². The van der Waals surface area contributed by atoms with Crippen molar-refractivity contribution in [2.45, 2.75) is 32.1 Å². The van der Waals surface area contributed by atoms with Crippen LogP contribution in [0.1, 0.15) is 25.5 Å². The first-order valence-corrected chi connectivity index (χ1v) is 8.83. The van der Waals surface area contributed by atoms with E-state index >= 15 is 0 Å². The number of carbonyl (C=O) groups excluding carboxylic acids is 1. The first-order valence-electron chi connectivity index (χ1n) is 8.83. The van der Waals surface area contributed by atoms with Crippen LogP contribution in [0.4, 0.5) is 0 Å². The lowest BCUT2D eigenvalue weighted by atomic mass is 10.1. The van der Waals surface area contributed by atoms with Gasteiger partial charge in [-0.05, 0) is 25.5 Å². The predicted octanol–water partition coefficient (Wildman–Crippen LogP) is 1.70. The summed E-state index contributed by atoms with van der Waals surface area (Å²) in [6.45, 7) is 7.42. The van der Waals surface area contributed by atoms with E-state index in [2.05, 4.69) is 29.2 Å². The Morgan fingerprint density at radius 3 is 2.60 bits per heavy atom. The van der Waals surface area contributed by atoms with E-state index in [0.717, 1.165) is 25.2 Å². The van der Waals surface area contributed by atoms with Crippen LogP contribution >= 0.6 is 0 Å². The maximum atomic E-state index is 12.8. The minimum Gasteiger partial charge on any atom is -0.373 e. The monoisotopic (exact) mass is 342 g/mol. The van der Waals surface area contributed by atoms with Gasteiger partial charge in [0.2, 0.25) is 5.91 Å². The molecule has 3 atom stereocenters. The van der Waals surface area contributed by atoms with E-state index in [9.17, 15) is 4.79 Å². The maximum Gasteiger partial charge on any atom is 0.249 e. The summed E-state index contributed by atoms with van der Waals surface area (Å²) < 4.78 is 7.45. The second kappa shape index (κ2) is 8.27. The van der Waals surface area contributed by atoms with Gasteiger partial charge in [-0.25, -0.2) is 0 Å². The van der Waals surface area contributed by atoms with Gasteiger partial charge in [0.15, 0.2) is 6.04 Å². The van der Waals surface area contributed by atoms with Crippen molar-refractivity contribution in [3.63, 3.8) is 0 Å². The van der Waals surface area contributed by atoms with Crippen molar-refractivity contribution >= 4 is 5.91 Å². The molecule has 2 aromatic rings. The van der Waals surface area contributed by atoms with Crippen molar-refractivity contribution in [3.8, 4) is 0 Å². The van der Waals surface area contributed by atoms with E-state index in [1.807, 2.05) is 42.6 Å². The van der Waals surface area contributed by atoms with Crippen LogP contribution in [-0.2, 0) is 9.53 Å². The zero-order valence-corrected chi connectivity index (χ0v) is 14.8. The molecular weight excluding hydrogens is 316 g/mol. The third-order valence-electron chi connectivity index (χ3n) is 4.38. The van der Waals surface area contributed by atoms with Crippen molar-refractivity contribution in [1.29, 1.82) is 0 Å². The number of aromatic nitrogens is 2. The molecule has 25 heavy (non-hydrogen) atoms. The zero-order chi connectivity index (χ0) is 17.6. The summed E-state index contributed by atoms with van der Waals surface area (Å²) in [6.07, 6.45) is 3.99. The van der Waals surface area contributed by atoms with E-state index in [1.165, 1.54) is 0 Å². The minimum absolute atomic E-state index is 0.0377. The summed E-state index contributed by atoms with van der Waals surface area (Å²) in [5, 5.41) is 7.32. The predicted molar refractivity (Wildman–Crippen MR) is 96.3 cm³/mol. The summed E-state index contributed by atoms with van der Waals surface area (Å²) in [5.41, 5.74) is 0.928. The molecule has 1 aromatic carbocycles. The van der Waals surface area contributed by atoms with Gasteiger partial charge < -0.3 is 10.1 Å². The van der Waals surface area contributed by atoms with Gasteiger partial charge in [-0.3, -0.25) is 14.4 Å². The number of morpholine rings is 1. The number of nitrogens with one attached hydrogen (secondary N) is 1. The summed E-state index contributed by atoms with van der Waals surface area (Å²) in [5.74, 6) is -0.0377. The molecule has 1 aliphatic rings. The van der Waals surface area contributed by atoms with E-state index in [4.69, 9.17) is 4.74 Å². The number of amides is 1. The second-order valence-corrected chi connectivity index (χ2v) is 6.61. The fourth-order valence-corrected chi connectivity index (χ4v) is 3.39. The molecule has 3 rings (SSSR count). The van der Waals surface area contributed by atoms with Gasteiger partial charge in [0.25, 0.3) is 0 Å². The lowest BCUT2D eigenvalue weighted by Gasteiger charge is -2.35. The van der Waals surface area contributed by atoms with Gasteiger partial charge in [0, 0.05) is 38.6 Å². The van der Waals surface area contributed by atoms with Gasteiger partial charge in [-0.2, -0.15) is 5.10 Å². The number of hydrogen-bond donors (Lipinski definition) is 1. The van der Waals surface area contributed by atoms with Crippen LogP contribution in [0.15, 0.2) is 48.8 Å². The SMILES string of the molecule is C[C@@H]1CN(CCNC(=O)[C@H](c2ccccc2)n2cccn2)C[C@H](C)O1. The Labute approximate surface area is 148 Å². The van der Waals surface area contributed by atoms with Crippen LogP contribution < -0.4 is 5.32 Å². The fourth-order valence-electron chi connectivity index (χ4n) is 3.39. The van der Waals surface area contributed by atoms with Crippen LogP contribution in [0, 0.1) is 0 Å². The standard InChI is InChI=1S/C19H26N4O2/c1-15-13-22(14-16(2)25-15)12-10-20-19(24)18(23-11-6-9-21-23)17-7-4-3-5-8-17/h3-9,11,15-16,18H,10,12-14H2,1-2H3,(H,20,24)/t15-,16+,18-/m0/s1. The maximum absolute atomic E-state index is 12.8. The summed E-state index contributed by atoms with van der Waals surface area (Å²) in [4.78, 5) is 15.1. The molecule has 0 spiro atoms. The Morgan fingerprint density at radius 1 is 1.24 bits per heavy atom. The Morgan fingerprint density at radius 2 is 1.96 bits per heavy atom. The highest BCUT2D eigenvalue weighted by atomic mass is 16.5. The molecule has 0 unspecified atom stereocenters. The first kappa shape index (κ1) is 17.6. The van der Waals surface area contributed by atoms with Gasteiger partial charge in [0.05, 0.1) is 12.2 Å². The molecule has 1 saturated heterocycles. The number of ether oxygens (including phenoxy) is 1. The third-order valence-corrected chi connectivity index (χ3v) is 4.38.